The van der Waals surface area contributed by atoms with Gasteiger partial charge in [-0.3, -0.25) is 10.1 Å². The summed E-state index contributed by atoms with van der Waals surface area (Å²) in [4.78, 5) is 10.5. The highest BCUT2D eigenvalue weighted by Crippen LogP contribution is 2.32. The van der Waals surface area contributed by atoms with E-state index in [0.29, 0.717) is 22.0 Å². The van der Waals surface area contributed by atoms with Crippen molar-refractivity contribution in [1.82, 2.24) is 0 Å². The van der Waals surface area contributed by atoms with E-state index in [1.165, 1.54) is 18.2 Å². The van der Waals surface area contributed by atoms with Crippen LogP contribution in [0.1, 0.15) is 5.56 Å². The van der Waals surface area contributed by atoms with Crippen LogP contribution in [-0.2, 0) is 0 Å². The first-order chi connectivity index (χ1) is 9.51. The molecule has 0 aromatic heterocycles. The number of nitro benzene ring substituents is 1. The van der Waals surface area contributed by atoms with E-state index >= 15 is 0 Å². The molecule has 2 aromatic carbocycles. The maximum atomic E-state index is 11.0. The standard InChI is InChI=1S/C13H9ClN4O2/c14-10-3-2-9(16)6-11(10)17-12-5-8(7-15)1-4-13(12)18(19)20/h1-6,17H,16H2. The zero-order valence-electron chi connectivity index (χ0n) is 10.1. The molecule has 0 saturated carbocycles. The number of nitrogens with zero attached hydrogens (tertiary/aromatic N) is 2. The molecule has 2 aromatic rings. The molecule has 3 N–H and O–H groups in total. The number of nitriles is 1. The van der Waals surface area contributed by atoms with Crippen molar-refractivity contribution in [3.8, 4) is 6.07 Å². The monoisotopic (exact) mass is 288 g/mol. The van der Waals surface area contributed by atoms with E-state index in [1.54, 1.807) is 18.2 Å². The van der Waals surface area contributed by atoms with Crippen molar-refractivity contribution in [2.45, 2.75) is 0 Å². The number of nitrogens with one attached hydrogen (secondary N) is 1. The highest BCUT2D eigenvalue weighted by atomic mass is 35.5. The smallest absolute Gasteiger partial charge is 0.292 e. The van der Waals surface area contributed by atoms with Crippen LogP contribution in [0.5, 0.6) is 0 Å². The summed E-state index contributed by atoms with van der Waals surface area (Å²) in [5.41, 5.74) is 6.89. The van der Waals surface area contributed by atoms with Crippen molar-refractivity contribution in [2.75, 3.05) is 11.1 Å². The van der Waals surface area contributed by atoms with Gasteiger partial charge in [-0.15, -0.1) is 0 Å². The quantitative estimate of drug-likeness (QED) is 0.511. The van der Waals surface area contributed by atoms with Crippen molar-refractivity contribution in [2.24, 2.45) is 0 Å². The second-order valence-corrected chi connectivity index (χ2v) is 4.37. The zero-order valence-corrected chi connectivity index (χ0v) is 10.9. The summed E-state index contributed by atoms with van der Waals surface area (Å²) in [5.74, 6) is 0. The summed E-state index contributed by atoms with van der Waals surface area (Å²) >= 11 is 6.00. The molecule has 6 nitrogen and oxygen atoms in total. The van der Waals surface area contributed by atoms with Crippen LogP contribution in [0.4, 0.5) is 22.7 Å². The Kier molecular flexibility index (Phi) is 3.73. The Bertz CT molecular complexity index is 725. The summed E-state index contributed by atoms with van der Waals surface area (Å²) in [5, 5.41) is 23.1. The van der Waals surface area contributed by atoms with Gasteiger partial charge in [0.1, 0.15) is 5.69 Å². The van der Waals surface area contributed by atoms with Gasteiger partial charge >= 0.3 is 0 Å². The van der Waals surface area contributed by atoms with Gasteiger partial charge in [-0.25, -0.2) is 0 Å². The van der Waals surface area contributed by atoms with Crippen LogP contribution >= 0.6 is 11.6 Å². The number of rotatable bonds is 3. The summed E-state index contributed by atoms with van der Waals surface area (Å²) in [6.07, 6.45) is 0. The van der Waals surface area contributed by atoms with Crippen LogP contribution < -0.4 is 11.1 Å². The number of nitrogen functional groups attached to an aromatic ring is 1. The van der Waals surface area contributed by atoms with E-state index < -0.39 is 4.92 Å². The molecule has 0 fully saturated rings. The average Bonchev–Trinajstić information content (AvgIpc) is 2.42. The molecule has 2 rings (SSSR count). The minimum atomic E-state index is -0.538. The Labute approximate surface area is 119 Å². The molecular formula is C13H9ClN4O2. The van der Waals surface area contributed by atoms with Gasteiger partial charge in [-0.05, 0) is 30.3 Å². The van der Waals surface area contributed by atoms with E-state index in [2.05, 4.69) is 5.32 Å². The van der Waals surface area contributed by atoms with E-state index in [1.807, 2.05) is 6.07 Å². The Morgan fingerprint density at radius 2 is 2.00 bits per heavy atom. The van der Waals surface area contributed by atoms with Crippen LogP contribution in [-0.4, -0.2) is 4.92 Å². The fourth-order valence-corrected chi connectivity index (χ4v) is 1.81. The lowest BCUT2D eigenvalue weighted by molar-refractivity contribution is -0.383. The number of anilines is 3. The molecule has 0 aliphatic rings. The molecule has 0 heterocycles. The second kappa shape index (κ2) is 5.47. The summed E-state index contributed by atoms with van der Waals surface area (Å²) < 4.78 is 0. The van der Waals surface area contributed by atoms with Gasteiger partial charge in [-0.1, -0.05) is 11.6 Å². The third-order valence-corrected chi connectivity index (χ3v) is 2.91. The molecule has 0 atom stereocenters. The number of benzene rings is 2. The first kappa shape index (κ1) is 13.6. The van der Waals surface area contributed by atoms with Gasteiger partial charge in [0.25, 0.3) is 5.69 Å². The van der Waals surface area contributed by atoms with Crippen molar-refractivity contribution in [1.29, 1.82) is 5.26 Å². The Balaban J connectivity index is 2.49. The van der Waals surface area contributed by atoms with E-state index in [4.69, 9.17) is 22.6 Å². The minimum Gasteiger partial charge on any atom is -0.399 e. The molecule has 100 valence electrons. The van der Waals surface area contributed by atoms with Gasteiger partial charge < -0.3 is 11.1 Å². The van der Waals surface area contributed by atoms with Crippen LogP contribution in [0.25, 0.3) is 0 Å². The first-order valence-corrected chi connectivity index (χ1v) is 5.89. The average molecular weight is 289 g/mol. The molecule has 0 saturated heterocycles. The molecule has 7 heteroatoms. The van der Waals surface area contributed by atoms with Crippen LogP contribution in [0.15, 0.2) is 36.4 Å². The van der Waals surface area contributed by atoms with Crippen molar-refractivity contribution in [3.63, 3.8) is 0 Å². The summed E-state index contributed by atoms with van der Waals surface area (Å²) in [6, 6.07) is 10.7. The van der Waals surface area contributed by atoms with E-state index in [9.17, 15) is 10.1 Å². The Morgan fingerprint density at radius 1 is 1.25 bits per heavy atom. The molecular weight excluding hydrogens is 280 g/mol. The largest absolute Gasteiger partial charge is 0.399 e. The van der Waals surface area contributed by atoms with Crippen molar-refractivity contribution in [3.05, 3.63) is 57.1 Å². The second-order valence-electron chi connectivity index (χ2n) is 3.97. The molecule has 0 radical (unpaired) electrons. The third kappa shape index (κ3) is 2.79. The lowest BCUT2D eigenvalue weighted by Crippen LogP contribution is -1.99. The molecule has 0 amide bonds. The highest BCUT2D eigenvalue weighted by Gasteiger charge is 2.15. The normalized spacial score (nSPS) is 9.80. The van der Waals surface area contributed by atoms with Gasteiger partial charge in [0, 0.05) is 11.8 Å². The Morgan fingerprint density at radius 3 is 2.65 bits per heavy atom. The van der Waals surface area contributed by atoms with Crippen molar-refractivity contribution < 1.29 is 4.92 Å². The Hall–Kier alpha value is -2.78. The van der Waals surface area contributed by atoms with Crippen LogP contribution in [0, 0.1) is 21.4 Å². The number of hydrogen-bond acceptors (Lipinski definition) is 5. The zero-order chi connectivity index (χ0) is 14.7. The molecule has 0 bridgehead atoms. The number of nitrogens with two attached hydrogens (primary N) is 1. The first-order valence-electron chi connectivity index (χ1n) is 5.52. The SMILES string of the molecule is N#Cc1ccc([N+](=O)[O-])c(Nc2cc(N)ccc2Cl)c1. The maximum Gasteiger partial charge on any atom is 0.292 e. The lowest BCUT2D eigenvalue weighted by atomic mass is 10.1. The molecule has 0 spiro atoms. The van der Waals surface area contributed by atoms with E-state index in [-0.39, 0.29) is 11.4 Å². The fourth-order valence-electron chi connectivity index (χ4n) is 1.65. The predicted octanol–water partition coefficient (Wildman–Crippen LogP) is 3.45. The minimum absolute atomic E-state index is 0.150. The van der Waals surface area contributed by atoms with Crippen molar-refractivity contribution >= 4 is 34.4 Å². The van der Waals surface area contributed by atoms with Gasteiger partial charge in [0.2, 0.25) is 0 Å². The molecule has 0 unspecified atom stereocenters. The molecule has 0 aliphatic heterocycles. The van der Waals surface area contributed by atoms with E-state index in [0.717, 1.165) is 0 Å². The maximum absolute atomic E-state index is 11.0. The van der Waals surface area contributed by atoms with Gasteiger partial charge in [-0.2, -0.15) is 5.26 Å². The summed E-state index contributed by atoms with van der Waals surface area (Å²) in [7, 11) is 0. The lowest BCUT2D eigenvalue weighted by Gasteiger charge is -2.10. The van der Waals surface area contributed by atoms with Gasteiger partial charge in [0.05, 0.1) is 27.3 Å². The highest BCUT2D eigenvalue weighted by molar-refractivity contribution is 6.33. The molecule has 0 aliphatic carbocycles. The topological polar surface area (TPSA) is 105 Å². The fraction of sp³-hybridized carbons (Fsp3) is 0. The predicted molar refractivity (Wildman–Crippen MR) is 77.0 cm³/mol. The number of halogens is 1. The third-order valence-electron chi connectivity index (χ3n) is 2.58. The number of hydrogen-bond donors (Lipinski definition) is 2. The van der Waals surface area contributed by atoms with Gasteiger partial charge in [0.15, 0.2) is 0 Å². The van der Waals surface area contributed by atoms with Crippen LogP contribution in [0.2, 0.25) is 5.02 Å². The molecule has 20 heavy (non-hydrogen) atoms. The summed E-state index contributed by atoms with van der Waals surface area (Å²) in [6.45, 7) is 0. The van der Waals surface area contributed by atoms with Crippen LogP contribution in [0.3, 0.4) is 0 Å². The number of nitro groups is 1.